The Kier molecular flexibility index (Phi) is 5.09. The number of hydrogen-bond donors (Lipinski definition) is 1. The van der Waals surface area contributed by atoms with Crippen molar-refractivity contribution in [2.45, 2.75) is 38.0 Å². The van der Waals surface area contributed by atoms with Crippen LogP contribution in [0.25, 0.3) is 6.08 Å². The lowest BCUT2D eigenvalue weighted by Crippen LogP contribution is -2.49. The lowest BCUT2D eigenvalue weighted by molar-refractivity contribution is -0.146. The van der Waals surface area contributed by atoms with Gasteiger partial charge in [-0.3, -0.25) is 4.79 Å². The number of fused-ring (bicyclic) bond motifs is 1. The third kappa shape index (κ3) is 3.69. The van der Waals surface area contributed by atoms with Crippen LogP contribution in [-0.2, 0) is 22.5 Å². The summed E-state index contributed by atoms with van der Waals surface area (Å²) < 4.78 is 11.3. The Balaban J connectivity index is 1.58. The van der Waals surface area contributed by atoms with Crippen molar-refractivity contribution in [2.24, 2.45) is 0 Å². The largest absolute Gasteiger partial charge is 0.496 e. The zero-order valence-electron chi connectivity index (χ0n) is 15.2. The second kappa shape index (κ2) is 7.64. The molecular formula is C21H26N2O3. The number of amides is 1. The Labute approximate surface area is 154 Å². The molecule has 0 bridgehead atoms. The van der Waals surface area contributed by atoms with Crippen LogP contribution >= 0.6 is 0 Å². The van der Waals surface area contributed by atoms with Gasteiger partial charge in [0.25, 0.3) is 5.91 Å². The first-order valence-corrected chi connectivity index (χ1v) is 9.42. The molecule has 1 aliphatic heterocycles. The van der Waals surface area contributed by atoms with Crippen molar-refractivity contribution in [3.8, 4) is 5.75 Å². The number of ether oxygens (including phenoxy) is 2. The Morgan fingerprint density at radius 2 is 2.23 bits per heavy atom. The molecule has 1 N–H and O–H groups in total. The molecule has 1 amide bonds. The molecule has 1 aromatic carbocycles. The highest BCUT2D eigenvalue weighted by Crippen LogP contribution is 2.32. The quantitative estimate of drug-likeness (QED) is 0.882. The number of allylic oxidation sites excluding steroid dienone is 3. The Bertz CT molecular complexity index is 731. The summed E-state index contributed by atoms with van der Waals surface area (Å²) in [6, 6.07) is 4.60. The van der Waals surface area contributed by atoms with Crippen LogP contribution in [-0.4, -0.2) is 49.8 Å². The van der Waals surface area contributed by atoms with E-state index in [2.05, 4.69) is 41.8 Å². The molecule has 1 saturated carbocycles. The number of nitrogens with one attached hydrogen (secondary N) is 1. The van der Waals surface area contributed by atoms with Crippen LogP contribution in [0.5, 0.6) is 5.75 Å². The average molecular weight is 354 g/mol. The highest BCUT2D eigenvalue weighted by molar-refractivity contribution is 5.82. The number of methoxy groups -OCH3 is 1. The van der Waals surface area contributed by atoms with Gasteiger partial charge in [0.05, 0.1) is 13.7 Å². The molecule has 3 aliphatic rings. The summed E-state index contributed by atoms with van der Waals surface area (Å²) >= 11 is 0. The molecule has 26 heavy (non-hydrogen) atoms. The van der Waals surface area contributed by atoms with Crippen LogP contribution in [0.1, 0.15) is 29.5 Å². The molecule has 5 nitrogen and oxygen atoms in total. The number of carbonyl (C=O) groups is 1. The van der Waals surface area contributed by atoms with E-state index >= 15 is 0 Å². The van der Waals surface area contributed by atoms with Crippen LogP contribution in [0.3, 0.4) is 0 Å². The monoisotopic (exact) mass is 354 g/mol. The molecule has 2 aliphatic carbocycles. The van der Waals surface area contributed by atoms with Crippen molar-refractivity contribution in [3.63, 3.8) is 0 Å². The highest BCUT2D eigenvalue weighted by atomic mass is 16.5. The molecule has 0 aromatic heterocycles. The van der Waals surface area contributed by atoms with Crippen molar-refractivity contribution in [1.29, 1.82) is 0 Å². The summed E-state index contributed by atoms with van der Waals surface area (Å²) in [5, 5.41) is 3.25. The first-order chi connectivity index (χ1) is 12.8. The molecule has 0 unspecified atom stereocenters. The molecule has 1 heterocycles. The van der Waals surface area contributed by atoms with Crippen molar-refractivity contribution in [3.05, 3.63) is 47.1 Å². The number of nitrogens with zero attached hydrogens (tertiary/aromatic N) is 1. The number of rotatable bonds is 5. The minimum Gasteiger partial charge on any atom is -0.496 e. The molecule has 5 heteroatoms. The van der Waals surface area contributed by atoms with Crippen LogP contribution in [0.2, 0.25) is 0 Å². The van der Waals surface area contributed by atoms with Crippen LogP contribution in [0, 0.1) is 0 Å². The maximum absolute atomic E-state index is 13.0. The average Bonchev–Trinajstić information content (AvgIpc) is 3.52. The number of hydrogen-bond acceptors (Lipinski definition) is 4. The van der Waals surface area contributed by atoms with E-state index in [1.165, 1.54) is 11.1 Å². The first kappa shape index (κ1) is 17.3. The van der Waals surface area contributed by atoms with E-state index in [0.29, 0.717) is 25.7 Å². The second-order valence-corrected chi connectivity index (χ2v) is 7.12. The number of benzene rings is 1. The minimum absolute atomic E-state index is 0.103. The number of carbonyl (C=O) groups excluding carboxylic acids is 1. The van der Waals surface area contributed by atoms with Gasteiger partial charge in [-0.05, 0) is 42.5 Å². The SMILES string of the molecule is COc1cc(CN(C(=O)[C@H]2CNCCO2)C2CC2)cc2c1CC=CC=C2. The van der Waals surface area contributed by atoms with Gasteiger partial charge in [0.15, 0.2) is 0 Å². The summed E-state index contributed by atoms with van der Waals surface area (Å²) in [6.07, 6.45) is 11.0. The van der Waals surface area contributed by atoms with Gasteiger partial charge in [-0.2, -0.15) is 0 Å². The van der Waals surface area contributed by atoms with E-state index in [1.807, 2.05) is 4.90 Å². The maximum atomic E-state index is 13.0. The third-order valence-electron chi connectivity index (χ3n) is 5.19. The first-order valence-electron chi connectivity index (χ1n) is 9.42. The summed E-state index contributed by atoms with van der Waals surface area (Å²) in [5.74, 6) is 0.998. The third-order valence-corrected chi connectivity index (χ3v) is 5.19. The Morgan fingerprint density at radius 1 is 1.35 bits per heavy atom. The predicted molar refractivity (Wildman–Crippen MR) is 101 cm³/mol. The zero-order chi connectivity index (χ0) is 17.9. The summed E-state index contributed by atoms with van der Waals surface area (Å²) in [6.45, 7) is 2.62. The van der Waals surface area contributed by atoms with E-state index in [1.54, 1.807) is 7.11 Å². The van der Waals surface area contributed by atoms with Crippen LogP contribution < -0.4 is 10.1 Å². The standard InChI is InChI=1S/C21H26N2O3/c1-25-19-12-15(11-16-5-3-2-4-6-18(16)19)14-23(17-7-8-17)21(24)20-13-22-9-10-26-20/h2-5,11-12,17,20,22H,6-10,13-14H2,1H3/t20-/m1/s1. The van der Waals surface area contributed by atoms with Gasteiger partial charge in [-0.15, -0.1) is 0 Å². The topological polar surface area (TPSA) is 50.8 Å². The maximum Gasteiger partial charge on any atom is 0.253 e. The fourth-order valence-corrected chi connectivity index (χ4v) is 3.67. The van der Waals surface area contributed by atoms with Gasteiger partial charge in [0.2, 0.25) is 0 Å². The molecule has 0 radical (unpaired) electrons. The lowest BCUT2D eigenvalue weighted by atomic mass is 10.00. The molecule has 4 rings (SSSR count). The number of morpholine rings is 1. The predicted octanol–water partition coefficient (Wildman–Crippen LogP) is 2.30. The van der Waals surface area contributed by atoms with E-state index in [4.69, 9.17) is 9.47 Å². The molecule has 0 spiro atoms. The summed E-state index contributed by atoms with van der Waals surface area (Å²) in [5.41, 5.74) is 3.48. The van der Waals surface area contributed by atoms with Crippen molar-refractivity contribution < 1.29 is 14.3 Å². The lowest BCUT2D eigenvalue weighted by Gasteiger charge is -2.30. The van der Waals surface area contributed by atoms with Gasteiger partial charge in [0.1, 0.15) is 11.9 Å². The van der Waals surface area contributed by atoms with Gasteiger partial charge in [-0.1, -0.05) is 24.3 Å². The van der Waals surface area contributed by atoms with Gasteiger partial charge >= 0.3 is 0 Å². The van der Waals surface area contributed by atoms with E-state index in [0.717, 1.165) is 37.1 Å². The van der Waals surface area contributed by atoms with Crippen molar-refractivity contribution >= 4 is 12.0 Å². The Morgan fingerprint density at radius 3 is 2.96 bits per heavy atom. The van der Waals surface area contributed by atoms with Crippen LogP contribution in [0.4, 0.5) is 0 Å². The fourth-order valence-electron chi connectivity index (χ4n) is 3.67. The van der Waals surface area contributed by atoms with Gasteiger partial charge < -0.3 is 19.7 Å². The minimum atomic E-state index is -0.365. The zero-order valence-corrected chi connectivity index (χ0v) is 15.2. The van der Waals surface area contributed by atoms with Crippen molar-refractivity contribution in [2.75, 3.05) is 26.8 Å². The molecule has 138 valence electrons. The molecule has 1 aromatic rings. The van der Waals surface area contributed by atoms with Crippen molar-refractivity contribution in [1.82, 2.24) is 10.2 Å². The van der Waals surface area contributed by atoms with E-state index in [9.17, 15) is 4.79 Å². The fraction of sp³-hybridized carbons (Fsp3) is 0.476. The van der Waals surface area contributed by atoms with Gasteiger partial charge in [0, 0.05) is 31.2 Å². The van der Waals surface area contributed by atoms with Crippen LogP contribution in [0.15, 0.2) is 30.4 Å². The van der Waals surface area contributed by atoms with E-state index < -0.39 is 0 Å². The van der Waals surface area contributed by atoms with E-state index in [-0.39, 0.29) is 12.0 Å². The molecule has 1 saturated heterocycles. The molecule has 1 atom stereocenters. The Hall–Kier alpha value is -2.11. The summed E-state index contributed by atoms with van der Waals surface area (Å²) in [4.78, 5) is 15.0. The normalized spacial score (nSPS) is 21.8. The molecule has 2 fully saturated rings. The highest BCUT2D eigenvalue weighted by Gasteiger charge is 2.37. The molecular weight excluding hydrogens is 328 g/mol. The smallest absolute Gasteiger partial charge is 0.253 e. The second-order valence-electron chi connectivity index (χ2n) is 7.12. The summed E-state index contributed by atoms with van der Waals surface area (Å²) in [7, 11) is 1.71. The van der Waals surface area contributed by atoms with Gasteiger partial charge in [-0.25, -0.2) is 0 Å².